The van der Waals surface area contributed by atoms with Gasteiger partial charge in [0.05, 0.1) is 5.69 Å². The molecule has 6 nitrogen and oxygen atoms in total. The summed E-state index contributed by atoms with van der Waals surface area (Å²) in [6, 6.07) is 5.56. The number of hydrazone groups is 1. The van der Waals surface area contributed by atoms with Gasteiger partial charge < -0.3 is 9.47 Å². The van der Waals surface area contributed by atoms with E-state index in [1.807, 2.05) is 0 Å². The average molecular weight is 232 g/mol. The molecule has 0 bridgehead atoms. The van der Waals surface area contributed by atoms with Gasteiger partial charge in [-0.25, -0.2) is 4.39 Å². The summed E-state index contributed by atoms with van der Waals surface area (Å²) in [5.74, 6) is 0.0608. The van der Waals surface area contributed by atoms with Crippen LogP contribution in [0.4, 0.5) is 10.1 Å². The quantitative estimate of drug-likeness (QED) is 0.614. The summed E-state index contributed by atoms with van der Waals surface area (Å²) in [5.41, 5.74) is 1.87. The summed E-state index contributed by atoms with van der Waals surface area (Å²) in [7, 11) is 0. The second kappa shape index (κ2) is 4.37. The molecule has 0 saturated heterocycles. The van der Waals surface area contributed by atoms with Crippen LogP contribution >= 0.6 is 0 Å². The summed E-state index contributed by atoms with van der Waals surface area (Å²) >= 11 is 0. The van der Waals surface area contributed by atoms with Gasteiger partial charge in [0, 0.05) is 12.1 Å². The first kappa shape index (κ1) is 10.7. The lowest BCUT2D eigenvalue weighted by Gasteiger charge is -2.03. The summed E-state index contributed by atoms with van der Waals surface area (Å²) < 4.78 is 23.5. The van der Waals surface area contributed by atoms with Crippen molar-refractivity contribution in [1.29, 1.82) is 10.5 Å². The van der Waals surface area contributed by atoms with Crippen molar-refractivity contribution in [1.82, 2.24) is 0 Å². The minimum atomic E-state index is -0.617. The predicted octanol–water partition coefficient (Wildman–Crippen LogP) is 1.37. The molecular weight excluding hydrogens is 227 g/mol. The van der Waals surface area contributed by atoms with Crippen molar-refractivity contribution in [3.63, 3.8) is 0 Å². The number of rotatable bonds is 2. The van der Waals surface area contributed by atoms with Crippen LogP contribution in [-0.2, 0) is 0 Å². The number of benzene rings is 1. The lowest BCUT2D eigenvalue weighted by atomic mass is 10.2. The van der Waals surface area contributed by atoms with Crippen molar-refractivity contribution in [3.05, 3.63) is 17.9 Å². The van der Waals surface area contributed by atoms with Crippen LogP contribution in [0.1, 0.15) is 0 Å². The zero-order valence-electron chi connectivity index (χ0n) is 8.40. The molecule has 1 heterocycles. The Bertz CT molecular complexity index is 555. The van der Waals surface area contributed by atoms with E-state index in [9.17, 15) is 4.39 Å². The van der Waals surface area contributed by atoms with E-state index in [4.69, 9.17) is 20.0 Å². The number of anilines is 1. The van der Waals surface area contributed by atoms with Gasteiger partial charge in [-0.2, -0.15) is 15.6 Å². The third-order valence-electron chi connectivity index (χ3n) is 1.96. The molecule has 0 fully saturated rings. The highest BCUT2D eigenvalue weighted by Gasteiger charge is 2.17. The number of nitrogens with zero attached hydrogens (tertiary/aromatic N) is 3. The predicted molar refractivity (Wildman–Crippen MR) is 54.8 cm³/mol. The third kappa shape index (κ3) is 2.08. The number of ether oxygens (including phenoxy) is 2. The summed E-state index contributed by atoms with van der Waals surface area (Å²) in [6.45, 7) is 0.0309. The molecule has 1 aliphatic heterocycles. The minimum absolute atomic E-state index is 0.00255. The van der Waals surface area contributed by atoms with Gasteiger partial charge in [-0.15, -0.1) is 0 Å². The normalized spacial score (nSPS) is 11.2. The molecule has 0 atom stereocenters. The summed E-state index contributed by atoms with van der Waals surface area (Å²) in [6.07, 6.45) is 0. The molecule has 84 valence electrons. The van der Waals surface area contributed by atoms with Crippen LogP contribution in [0.25, 0.3) is 0 Å². The molecule has 0 radical (unpaired) electrons. The standard InChI is InChI=1S/C10H5FN4O2/c11-7-1-9-10(17-5-16-9)2-8(7)15-14-6(3-12)4-13/h1-2,15H,5H2. The number of hydrogen-bond donors (Lipinski definition) is 1. The molecule has 0 unspecified atom stereocenters. The second-order valence-electron chi connectivity index (χ2n) is 2.98. The van der Waals surface area contributed by atoms with E-state index >= 15 is 0 Å². The lowest BCUT2D eigenvalue weighted by Crippen LogP contribution is -1.98. The van der Waals surface area contributed by atoms with Crippen LogP contribution in [0.15, 0.2) is 17.2 Å². The fourth-order valence-electron chi connectivity index (χ4n) is 1.19. The molecule has 0 spiro atoms. The molecule has 1 N–H and O–H groups in total. The van der Waals surface area contributed by atoms with Gasteiger partial charge in [0.25, 0.3) is 0 Å². The largest absolute Gasteiger partial charge is 0.454 e. The summed E-state index contributed by atoms with van der Waals surface area (Å²) in [4.78, 5) is 0. The number of fused-ring (bicyclic) bond motifs is 1. The lowest BCUT2D eigenvalue weighted by molar-refractivity contribution is 0.174. The second-order valence-corrected chi connectivity index (χ2v) is 2.98. The van der Waals surface area contributed by atoms with Crippen molar-refractivity contribution in [3.8, 4) is 23.6 Å². The zero-order valence-corrected chi connectivity index (χ0v) is 8.40. The molecule has 17 heavy (non-hydrogen) atoms. The maximum Gasteiger partial charge on any atom is 0.237 e. The highest BCUT2D eigenvalue weighted by molar-refractivity contribution is 6.10. The van der Waals surface area contributed by atoms with Gasteiger partial charge in [-0.1, -0.05) is 0 Å². The average Bonchev–Trinajstić information content (AvgIpc) is 2.77. The smallest absolute Gasteiger partial charge is 0.237 e. The molecule has 0 amide bonds. The highest BCUT2D eigenvalue weighted by Crippen LogP contribution is 2.36. The molecule has 1 aromatic rings. The topological polar surface area (TPSA) is 90.4 Å². The van der Waals surface area contributed by atoms with Gasteiger partial charge in [-0.3, -0.25) is 5.43 Å². The Morgan fingerprint density at radius 2 is 1.94 bits per heavy atom. The van der Waals surface area contributed by atoms with Gasteiger partial charge in [0.15, 0.2) is 17.3 Å². The number of nitriles is 2. The maximum absolute atomic E-state index is 13.5. The molecule has 2 rings (SSSR count). The summed E-state index contributed by atoms with van der Waals surface area (Å²) in [5, 5.41) is 20.3. The molecule has 0 aliphatic carbocycles. The molecule has 0 saturated carbocycles. The van der Waals surface area contributed by atoms with E-state index in [-0.39, 0.29) is 12.5 Å². The van der Waals surface area contributed by atoms with E-state index in [1.54, 1.807) is 12.1 Å². The SMILES string of the molecule is N#CC(C#N)=NNc1cc2c(cc1F)OCO2. The Kier molecular flexibility index (Phi) is 2.75. The molecule has 7 heteroatoms. The maximum atomic E-state index is 13.5. The van der Waals surface area contributed by atoms with Crippen LogP contribution < -0.4 is 14.9 Å². The Balaban J connectivity index is 2.26. The van der Waals surface area contributed by atoms with Crippen LogP contribution in [0.3, 0.4) is 0 Å². The molecular formula is C10H5FN4O2. The van der Waals surface area contributed by atoms with E-state index < -0.39 is 11.5 Å². The minimum Gasteiger partial charge on any atom is -0.454 e. The third-order valence-corrected chi connectivity index (χ3v) is 1.96. The van der Waals surface area contributed by atoms with Crippen molar-refractivity contribution in [2.24, 2.45) is 5.10 Å². The molecule has 1 aliphatic rings. The van der Waals surface area contributed by atoms with Gasteiger partial charge in [0.1, 0.15) is 12.1 Å². The van der Waals surface area contributed by atoms with Crippen LogP contribution in [0.5, 0.6) is 11.5 Å². The fourth-order valence-corrected chi connectivity index (χ4v) is 1.19. The van der Waals surface area contributed by atoms with Crippen LogP contribution in [0, 0.1) is 28.5 Å². The Hall–Kier alpha value is -2.80. The molecule has 0 aromatic heterocycles. The van der Waals surface area contributed by atoms with Gasteiger partial charge in [-0.05, 0) is 0 Å². The van der Waals surface area contributed by atoms with Crippen molar-refractivity contribution >= 4 is 11.4 Å². The molecule has 1 aromatic carbocycles. The van der Waals surface area contributed by atoms with Crippen molar-refractivity contribution < 1.29 is 13.9 Å². The van der Waals surface area contributed by atoms with E-state index in [0.29, 0.717) is 11.5 Å². The Labute approximate surface area is 95.5 Å². The first-order valence-corrected chi connectivity index (χ1v) is 4.47. The first-order valence-electron chi connectivity index (χ1n) is 4.47. The zero-order chi connectivity index (χ0) is 12.3. The number of nitrogens with one attached hydrogen (secondary N) is 1. The Morgan fingerprint density at radius 3 is 2.59 bits per heavy atom. The number of hydrogen-bond acceptors (Lipinski definition) is 6. The van der Waals surface area contributed by atoms with Crippen molar-refractivity contribution in [2.45, 2.75) is 0 Å². The fraction of sp³-hybridized carbons (Fsp3) is 0.100. The van der Waals surface area contributed by atoms with E-state index in [2.05, 4.69) is 10.5 Å². The number of halogens is 1. The van der Waals surface area contributed by atoms with Crippen LogP contribution in [0.2, 0.25) is 0 Å². The van der Waals surface area contributed by atoms with Gasteiger partial charge >= 0.3 is 0 Å². The van der Waals surface area contributed by atoms with E-state index in [1.165, 1.54) is 6.07 Å². The highest BCUT2D eigenvalue weighted by atomic mass is 19.1. The monoisotopic (exact) mass is 232 g/mol. The first-order chi connectivity index (χ1) is 8.24. The van der Waals surface area contributed by atoms with Gasteiger partial charge in [0.2, 0.25) is 12.5 Å². The Morgan fingerprint density at radius 1 is 1.29 bits per heavy atom. The van der Waals surface area contributed by atoms with Crippen molar-refractivity contribution in [2.75, 3.05) is 12.2 Å². The van der Waals surface area contributed by atoms with E-state index in [0.717, 1.165) is 6.07 Å². The van der Waals surface area contributed by atoms with Crippen LogP contribution in [-0.4, -0.2) is 12.5 Å².